The van der Waals surface area contributed by atoms with E-state index >= 15 is 0 Å². The molecule has 1 aromatic rings. The zero-order chi connectivity index (χ0) is 15.3. The first-order valence-corrected chi connectivity index (χ1v) is 6.39. The zero-order valence-corrected chi connectivity index (χ0v) is 12.1. The monoisotopic (exact) mass is 320 g/mol. The third kappa shape index (κ3) is 5.64. The molecule has 0 aliphatic heterocycles. The molecule has 0 aromatic heterocycles. The molecule has 0 aliphatic rings. The fourth-order valence-electron chi connectivity index (χ4n) is 1.42. The molecule has 0 saturated carbocycles. The van der Waals surface area contributed by atoms with Crippen molar-refractivity contribution in [2.75, 3.05) is 11.9 Å². The molecule has 0 saturated heterocycles. The summed E-state index contributed by atoms with van der Waals surface area (Å²) in [5.41, 5.74) is -1.18. The van der Waals surface area contributed by atoms with E-state index in [9.17, 15) is 14.7 Å². The maximum atomic E-state index is 11.6. The third-order valence-electron chi connectivity index (χ3n) is 2.34. The van der Waals surface area contributed by atoms with Gasteiger partial charge in [-0.15, -0.1) is 0 Å². The Morgan fingerprint density at radius 2 is 2.00 bits per heavy atom. The van der Waals surface area contributed by atoms with Crippen LogP contribution in [0.5, 0.6) is 0 Å². The van der Waals surface area contributed by atoms with Crippen LogP contribution in [0.1, 0.15) is 13.3 Å². The number of hydrogen-bond acceptors (Lipinski definition) is 3. The Labute approximate surface area is 125 Å². The Morgan fingerprint density at radius 1 is 1.35 bits per heavy atom. The number of carbonyl (C=O) groups is 2. The minimum Gasteiger partial charge on any atom is -0.481 e. The number of aliphatic carboxylic acids is 1. The summed E-state index contributed by atoms with van der Waals surface area (Å²) in [4.78, 5) is 22.1. The molecule has 1 aromatic carbocycles. The predicted octanol–water partition coefficient (Wildman–Crippen LogP) is 2.34. The molecule has 0 radical (unpaired) electrons. The lowest BCUT2D eigenvalue weighted by atomic mass is 10.0. The van der Waals surface area contributed by atoms with E-state index in [-0.39, 0.29) is 11.6 Å². The number of amides is 2. The summed E-state index contributed by atoms with van der Waals surface area (Å²) < 4.78 is 0. The summed E-state index contributed by atoms with van der Waals surface area (Å²) in [5.74, 6) is -1.15. The fraction of sp³-hybridized carbons (Fsp3) is 0.333. The SMILES string of the molecule is CC(O)(CNC(=O)Nc1ccc(Cl)cc1Cl)CC(=O)O. The van der Waals surface area contributed by atoms with Crippen LogP contribution in [-0.4, -0.2) is 34.4 Å². The summed E-state index contributed by atoms with van der Waals surface area (Å²) in [6.45, 7) is 1.10. The molecule has 110 valence electrons. The van der Waals surface area contributed by atoms with Crippen molar-refractivity contribution in [3.63, 3.8) is 0 Å². The van der Waals surface area contributed by atoms with E-state index < -0.39 is 24.0 Å². The summed E-state index contributed by atoms with van der Waals surface area (Å²) >= 11 is 11.6. The van der Waals surface area contributed by atoms with Gasteiger partial charge in [0.05, 0.1) is 22.7 Å². The first-order chi connectivity index (χ1) is 9.19. The quantitative estimate of drug-likeness (QED) is 0.669. The highest BCUT2D eigenvalue weighted by Gasteiger charge is 2.24. The van der Waals surface area contributed by atoms with Crippen molar-refractivity contribution in [3.8, 4) is 0 Å². The number of benzene rings is 1. The lowest BCUT2D eigenvalue weighted by Crippen LogP contribution is -2.43. The Kier molecular flexibility index (Phi) is 5.62. The lowest BCUT2D eigenvalue weighted by Gasteiger charge is -2.21. The highest BCUT2D eigenvalue weighted by molar-refractivity contribution is 6.36. The average Bonchev–Trinajstić information content (AvgIpc) is 2.29. The first-order valence-electron chi connectivity index (χ1n) is 5.64. The second-order valence-electron chi connectivity index (χ2n) is 4.50. The number of anilines is 1. The van der Waals surface area contributed by atoms with E-state index in [1.165, 1.54) is 19.1 Å². The van der Waals surface area contributed by atoms with E-state index in [2.05, 4.69) is 10.6 Å². The topological polar surface area (TPSA) is 98.7 Å². The van der Waals surface area contributed by atoms with Crippen LogP contribution in [-0.2, 0) is 4.79 Å². The molecule has 0 fully saturated rings. The molecule has 0 aliphatic carbocycles. The zero-order valence-electron chi connectivity index (χ0n) is 10.6. The number of halogens is 2. The van der Waals surface area contributed by atoms with Gasteiger partial charge in [-0.1, -0.05) is 23.2 Å². The van der Waals surface area contributed by atoms with Gasteiger partial charge in [0.25, 0.3) is 0 Å². The van der Waals surface area contributed by atoms with Crippen LogP contribution in [0, 0.1) is 0 Å². The summed E-state index contributed by atoms with van der Waals surface area (Å²) in [5, 5.41) is 23.8. The highest BCUT2D eigenvalue weighted by Crippen LogP contribution is 2.25. The van der Waals surface area contributed by atoms with Gasteiger partial charge in [0.2, 0.25) is 0 Å². The molecule has 0 heterocycles. The van der Waals surface area contributed by atoms with E-state index in [4.69, 9.17) is 28.3 Å². The largest absolute Gasteiger partial charge is 0.481 e. The molecule has 1 rings (SSSR count). The van der Waals surface area contributed by atoms with Crippen LogP contribution < -0.4 is 10.6 Å². The number of hydrogen-bond donors (Lipinski definition) is 4. The van der Waals surface area contributed by atoms with Gasteiger partial charge in [-0.05, 0) is 25.1 Å². The first kappa shape index (κ1) is 16.6. The minimum absolute atomic E-state index is 0.212. The van der Waals surface area contributed by atoms with Gasteiger partial charge < -0.3 is 20.8 Å². The maximum absolute atomic E-state index is 11.6. The van der Waals surface area contributed by atoms with Crippen molar-refractivity contribution < 1.29 is 19.8 Å². The molecule has 0 spiro atoms. The highest BCUT2D eigenvalue weighted by atomic mass is 35.5. The number of nitrogens with one attached hydrogen (secondary N) is 2. The standard InChI is InChI=1S/C12H14Cl2N2O4/c1-12(20,5-10(17)18)6-15-11(19)16-9-3-2-7(13)4-8(9)14/h2-4,20H,5-6H2,1H3,(H,17,18)(H2,15,16,19). The Morgan fingerprint density at radius 3 is 2.55 bits per heavy atom. The number of carboxylic acids is 1. The van der Waals surface area contributed by atoms with Crippen molar-refractivity contribution >= 4 is 40.9 Å². The summed E-state index contributed by atoms with van der Waals surface area (Å²) in [6, 6.07) is 3.95. The molecular weight excluding hydrogens is 307 g/mol. The number of rotatable bonds is 5. The predicted molar refractivity (Wildman–Crippen MR) is 76.4 cm³/mol. The molecule has 1 unspecified atom stereocenters. The Balaban J connectivity index is 2.54. The van der Waals surface area contributed by atoms with Gasteiger partial charge in [-0.2, -0.15) is 0 Å². The van der Waals surface area contributed by atoms with Crippen molar-refractivity contribution in [2.24, 2.45) is 0 Å². The number of urea groups is 1. The Hall–Kier alpha value is -1.50. The number of carbonyl (C=O) groups excluding carboxylic acids is 1. The van der Waals surface area contributed by atoms with Crippen LogP contribution in [0.2, 0.25) is 10.0 Å². The van der Waals surface area contributed by atoms with Crippen LogP contribution in [0.15, 0.2) is 18.2 Å². The fourth-order valence-corrected chi connectivity index (χ4v) is 1.87. The van der Waals surface area contributed by atoms with Gasteiger partial charge in [0, 0.05) is 11.6 Å². The normalized spacial score (nSPS) is 13.4. The lowest BCUT2D eigenvalue weighted by molar-refractivity contribution is -0.141. The molecule has 20 heavy (non-hydrogen) atoms. The van der Waals surface area contributed by atoms with Crippen molar-refractivity contribution in [3.05, 3.63) is 28.2 Å². The van der Waals surface area contributed by atoms with Gasteiger partial charge in [-0.25, -0.2) is 4.79 Å². The Bertz CT molecular complexity index is 520. The van der Waals surface area contributed by atoms with Gasteiger partial charge in [-0.3, -0.25) is 4.79 Å². The van der Waals surface area contributed by atoms with Gasteiger partial charge >= 0.3 is 12.0 Å². The summed E-state index contributed by atoms with van der Waals surface area (Å²) in [6.07, 6.45) is -0.477. The average molecular weight is 321 g/mol. The van der Waals surface area contributed by atoms with Crippen LogP contribution in [0.4, 0.5) is 10.5 Å². The number of aliphatic hydroxyl groups is 1. The van der Waals surface area contributed by atoms with Crippen molar-refractivity contribution in [2.45, 2.75) is 18.9 Å². The third-order valence-corrected chi connectivity index (χ3v) is 2.89. The molecule has 4 N–H and O–H groups in total. The molecule has 6 nitrogen and oxygen atoms in total. The molecular formula is C12H14Cl2N2O4. The van der Waals surface area contributed by atoms with E-state index in [1.54, 1.807) is 6.07 Å². The van der Waals surface area contributed by atoms with Crippen molar-refractivity contribution in [1.82, 2.24) is 5.32 Å². The van der Waals surface area contributed by atoms with Crippen LogP contribution >= 0.6 is 23.2 Å². The summed E-state index contributed by atoms with van der Waals surface area (Å²) in [7, 11) is 0. The molecule has 2 amide bonds. The van der Waals surface area contributed by atoms with Gasteiger partial charge in [0.15, 0.2) is 0 Å². The smallest absolute Gasteiger partial charge is 0.319 e. The second kappa shape index (κ2) is 6.78. The molecule has 0 bridgehead atoms. The van der Waals surface area contributed by atoms with Gasteiger partial charge in [0.1, 0.15) is 0 Å². The van der Waals surface area contributed by atoms with Crippen molar-refractivity contribution in [1.29, 1.82) is 0 Å². The maximum Gasteiger partial charge on any atom is 0.319 e. The molecule has 1 atom stereocenters. The number of carboxylic acid groups (broad SMARTS) is 1. The molecule has 8 heteroatoms. The van der Waals surface area contributed by atoms with Crippen LogP contribution in [0.3, 0.4) is 0 Å². The van der Waals surface area contributed by atoms with Crippen LogP contribution in [0.25, 0.3) is 0 Å². The van der Waals surface area contributed by atoms with E-state index in [0.717, 1.165) is 0 Å². The van der Waals surface area contributed by atoms with E-state index in [1.807, 2.05) is 0 Å². The second-order valence-corrected chi connectivity index (χ2v) is 5.34. The van der Waals surface area contributed by atoms with E-state index in [0.29, 0.717) is 10.7 Å². The minimum atomic E-state index is -1.53.